The Morgan fingerprint density at radius 2 is 1.63 bits per heavy atom. The molecule has 1 rings (SSSR count). The first kappa shape index (κ1) is 17.8. The Hall–Kier alpha value is -1.25. The highest BCUT2D eigenvalue weighted by molar-refractivity contribution is 5.69. The molecule has 19 heavy (non-hydrogen) atoms. The van der Waals surface area contributed by atoms with Crippen molar-refractivity contribution in [3.63, 3.8) is 0 Å². The summed E-state index contributed by atoms with van der Waals surface area (Å²) in [5.41, 5.74) is 0. The molecule has 1 aromatic rings. The predicted octanol–water partition coefficient (Wildman–Crippen LogP) is 5.13. The number of furan rings is 1. The molecule has 1 unspecified atom stereocenters. The maximum absolute atomic E-state index is 10.7. The van der Waals surface area contributed by atoms with Gasteiger partial charge in [-0.2, -0.15) is 0 Å². The summed E-state index contributed by atoms with van der Waals surface area (Å²) in [7, 11) is 0. The molecule has 0 aliphatic rings. The Morgan fingerprint density at radius 1 is 1.05 bits per heavy atom. The maximum atomic E-state index is 10.7. The zero-order valence-electron chi connectivity index (χ0n) is 12.3. The van der Waals surface area contributed by atoms with E-state index in [2.05, 4.69) is 11.3 Å². The molecule has 3 heteroatoms. The van der Waals surface area contributed by atoms with E-state index in [0.29, 0.717) is 0 Å². The standard InChI is InChI=1S/C12H24O2.C4H4O/c1-3-5-6-7-8-9-10-11(4-2)12(13)14;1-2-4-5-3-1/h11H,3-10H2,1-2H3,(H,13,14);1-4H. The van der Waals surface area contributed by atoms with Crippen LogP contribution in [0.25, 0.3) is 0 Å². The molecule has 0 saturated heterocycles. The first-order valence-corrected chi connectivity index (χ1v) is 7.42. The van der Waals surface area contributed by atoms with E-state index in [-0.39, 0.29) is 5.92 Å². The Kier molecular flexibility index (Phi) is 12.3. The second-order valence-corrected chi connectivity index (χ2v) is 4.79. The lowest BCUT2D eigenvalue weighted by Crippen LogP contribution is -2.12. The average Bonchev–Trinajstić information content (AvgIpc) is 2.96. The topological polar surface area (TPSA) is 50.4 Å². The first-order chi connectivity index (χ1) is 9.22. The zero-order valence-corrected chi connectivity index (χ0v) is 12.3. The van der Waals surface area contributed by atoms with Gasteiger partial charge in [-0.25, -0.2) is 0 Å². The fourth-order valence-corrected chi connectivity index (χ4v) is 1.90. The van der Waals surface area contributed by atoms with Crippen LogP contribution in [0.15, 0.2) is 29.1 Å². The molecule has 0 fully saturated rings. The first-order valence-electron chi connectivity index (χ1n) is 7.42. The largest absolute Gasteiger partial charge is 0.481 e. The molecule has 1 aromatic heterocycles. The summed E-state index contributed by atoms with van der Waals surface area (Å²) in [5.74, 6) is -0.734. The van der Waals surface area contributed by atoms with Crippen LogP contribution in [0.4, 0.5) is 0 Å². The Labute approximate surface area is 117 Å². The molecular weight excluding hydrogens is 240 g/mol. The minimum Gasteiger partial charge on any atom is -0.481 e. The Balaban J connectivity index is 0.000000532. The minimum absolute atomic E-state index is 0.110. The summed E-state index contributed by atoms with van der Waals surface area (Å²) in [4.78, 5) is 10.7. The molecule has 0 aliphatic carbocycles. The van der Waals surface area contributed by atoms with Crippen LogP contribution in [0.2, 0.25) is 0 Å². The van der Waals surface area contributed by atoms with Gasteiger partial charge in [0.25, 0.3) is 0 Å². The summed E-state index contributed by atoms with van der Waals surface area (Å²) in [5, 5.41) is 8.81. The molecule has 0 amide bonds. The molecule has 1 N–H and O–H groups in total. The minimum atomic E-state index is -0.624. The van der Waals surface area contributed by atoms with Gasteiger partial charge in [-0.1, -0.05) is 52.4 Å². The van der Waals surface area contributed by atoms with E-state index in [0.717, 1.165) is 19.3 Å². The van der Waals surface area contributed by atoms with Crippen LogP contribution >= 0.6 is 0 Å². The van der Waals surface area contributed by atoms with Crippen molar-refractivity contribution in [3.05, 3.63) is 24.7 Å². The molecule has 3 nitrogen and oxygen atoms in total. The van der Waals surface area contributed by atoms with E-state index >= 15 is 0 Å². The summed E-state index contributed by atoms with van der Waals surface area (Å²) in [6, 6.07) is 3.67. The molecule has 1 atom stereocenters. The summed E-state index contributed by atoms with van der Waals surface area (Å²) < 4.78 is 4.58. The smallest absolute Gasteiger partial charge is 0.306 e. The fraction of sp³-hybridized carbons (Fsp3) is 0.688. The quantitative estimate of drug-likeness (QED) is 0.632. The Morgan fingerprint density at radius 3 is 2.05 bits per heavy atom. The molecule has 1 heterocycles. The third kappa shape index (κ3) is 11.6. The number of aliphatic carboxylic acids is 1. The molecule has 0 bridgehead atoms. The number of carboxylic acids is 1. The van der Waals surface area contributed by atoms with Crippen LogP contribution in [-0.4, -0.2) is 11.1 Å². The molecular formula is C16H28O3. The van der Waals surface area contributed by atoms with Gasteiger partial charge in [0.2, 0.25) is 0 Å². The van der Waals surface area contributed by atoms with Crippen molar-refractivity contribution in [2.45, 2.75) is 65.2 Å². The van der Waals surface area contributed by atoms with E-state index in [9.17, 15) is 4.79 Å². The lowest BCUT2D eigenvalue weighted by atomic mass is 9.98. The molecule has 0 aliphatic heterocycles. The van der Waals surface area contributed by atoms with Crippen molar-refractivity contribution >= 4 is 5.97 Å². The fourth-order valence-electron chi connectivity index (χ4n) is 1.90. The third-order valence-corrected chi connectivity index (χ3v) is 3.17. The third-order valence-electron chi connectivity index (χ3n) is 3.17. The van der Waals surface area contributed by atoms with Crippen molar-refractivity contribution in [3.8, 4) is 0 Å². The predicted molar refractivity (Wildman–Crippen MR) is 78.1 cm³/mol. The Bertz CT molecular complexity index is 263. The highest BCUT2D eigenvalue weighted by atomic mass is 16.4. The lowest BCUT2D eigenvalue weighted by molar-refractivity contribution is -0.142. The van der Waals surface area contributed by atoms with E-state index in [1.807, 2.05) is 19.1 Å². The van der Waals surface area contributed by atoms with Crippen LogP contribution in [0, 0.1) is 5.92 Å². The zero-order chi connectivity index (χ0) is 14.3. The van der Waals surface area contributed by atoms with Crippen molar-refractivity contribution in [1.82, 2.24) is 0 Å². The lowest BCUT2D eigenvalue weighted by Gasteiger charge is -2.08. The summed E-state index contributed by atoms with van der Waals surface area (Å²) in [6.45, 7) is 4.16. The summed E-state index contributed by atoms with van der Waals surface area (Å²) >= 11 is 0. The molecule has 0 spiro atoms. The van der Waals surface area contributed by atoms with Crippen LogP contribution in [0.5, 0.6) is 0 Å². The maximum Gasteiger partial charge on any atom is 0.306 e. The molecule has 110 valence electrons. The van der Waals surface area contributed by atoms with E-state index in [1.165, 1.54) is 32.1 Å². The number of hydrogen-bond acceptors (Lipinski definition) is 2. The molecule has 0 saturated carbocycles. The van der Waals surface area contributed by atoms with Crippen molar-refractivity contribution < 1.29 is 14.3 Å². The SMILES string of the molecule is CCCCCCCCC(CC)C(=O)O.c1ccoc1. The average molecular weight is 268 g/mol. The van der Waals surface area contributed by atoms with Gasteiger partial charge in [0.05, 0.1) is 18.4 Å². The number of rotatable bonds is 9. The van der Waals surface area contributed by atoms with Gasteiger partial charge in [-0.3, -0.25) is 4.79 Å². The number of carbonyl (C=O) groups is 1. The van der Waals surface area contributed by atoms with Crippen LogP contribution in [0.1, 0.15) is 65.2 Å². The van der Waals surface area contributed by atoms with Gasteiger partial charge < -0.3 is 9.52 Å². The van der Waals surface area contributed by atoms with Crippen molar-refractivity contribution in [2.24, 2.45) is 5.92 Å². The molecule has 0 radical (unpaired) electrons. The molecule has 0 aromatic carbocycles. The van der Waals surface area contributed by atoms with Gasteiger partial charge in [0.15, 0.2) is 0 Å². The van der Waals surface area contributed by atoms with Crippen molar-refractivity contribution in [2.75, 3.05) is 0 Å². The van der Waals surface area contributed by atoms with Gasteiger partial charge >= 0.3 is 5.97 Å². The monoisotopic (exact) mass is 268 g/mol. The van der Waals surface area contributed by atoms with E-state index in [1.54, 1.807) is 12.5 Å². The van der Waals surface area contributed by atoms with Crippen LogP contribution < -0.4 is 0 Å². The van der Waals surface area contributed by atoms with Gasteiger partial charge in [-0.15, -0.1) is 0 Å². The second-order valence-electron chi connectivity index (χ2n) is 4.79. The highest BCUT2D eigenvalue weighted by Gasteiger charge is 2.13. The second kappa shape index (κ2) is 13.2. The van der Waals surface area contributed by atoms with E-state index < -0.39 is 5.97 Å². The van der Waals surface area contributed by atoms with Crippen LogP contribution in [0.3, 0.4) is 0 Å². The van der Waals surface area contributed by atoms with Gasteiger partial charge in [0, 0.05) is 0 Å². The number of hydrogen-bond donors (Lipinski definition) is 1. The highest BCUT2D eigenvalue weighted by Crippen LogP contribution is 2.15. The number of unbranched alkanes of at least 4 members (excludes halogenated alkanes) is 5. The summed E-state index contributed by atoms with van der Waals surface area (Å²) in [6.07, 6.45) is 12.3. The van der Waals surface area contributed by atoms with E-state index in [4.69, 9.17) is 5.11 Å². The van der Waals surface area contributed by atoms with Crippen molar-refractivity contribution in [1.29, 1.82) is 0 Å². The normalized spacial score (nSPS) is 11.5. The van der Waals surface area contributed by atoms with Crippen LogP contribution in [-0.2, 0) is 4.79 Å². The van der Waals surface area contributed by atoms with Gasteiger partial charge in [-0.05, 0) is 25.0 Å². The van der Waals surface area contributed by atoms with Gasteiger partial charge in [0.1, 0.15) is 0 Å². The number of carboxylic acid groups (broad SMARTS) is 1.